The molecule has 0 fully saturated rings. The maximum absolute atomic E-state index is 13.0. The summed E-state index contributed by atoms with van der Waals surface area (Å²) in [6, 6.07) is 4.83. The van der Waals surface area contributed by atoms with Gasteiger partial charge in [-0.1, -0.05) is 24.6 Å². The highest BCUT2D eigenvalue weighted by Gasteiger charge is 2.29. The van der Waals surface area contributed by atoms with Gasteiger partial charge in [-0.05, 0) is 51.6 Å². The van der Waals surface area contributed by atoms with Gasteiger partial charge in [0, 0.05) is 11.6 Å². The SMILES string of the molecule is CC[C@@H](C(=O)NC(CC(=O)OC(C)(C)C)C(=O)CF)n1ccc2cc(C)ccc2c1=O. The normalized spacial score (nSPS) is 13.5. The van der Waals surface area contributed by atoms with E-state index in [0.717, 1.165) is 10.9 Å². The molecule has 1 aromatic carbocycles. The first-order valence-corrected chi connectivity index (χ1v) is 10.2. The van der Waals surface area contributed by atoms with Gasteiger partial charge in [-0.25, -0.2) is 4.39 Å². The summed E-state index contributed by atoms with van der Waals surface area (Å²) < 4.78 is 19.5. The van der Waals surface area contributed by atoms with E-state index in [0.29, 0.717) is 5.39 Å². The Hall–Kier alpha value is -3.03. The van der Waals surface area contributed by atoms with Crippen LogP contribution in [0, 0.1) is 6.92 Å². The van der Waals surface area contributed by atoms with E-state index >= 15 is 0 Å². The number of pyridine rings is 1. The molecule has 7 nitrogen and oxygen atoms in total. The molecule has 8 heteroatoms. The van der Waals surface area contributed by atoms with Crippen molar-refractivity contribution in [3.05, 3.63) is 46.4 Å². The number of aryl methyl sites for hydroxylation is 1. The number of halogens is 1. The van der Waals surface area contributed by atoms with Gasteiger partial charge in [0.1, 0.15) is 24.4 Å². The van der Waals surface area contributed by atoms with Crippen LogP contribution in [-0.2, 0) is 19.1 Å². The molecule has 0 spiro atoms. The minimum Gasteiger partial charge on any atom is -0.460 e. The van der Waals surface area contributed by atoms with Gasteiger partial charge in [0.2, 0.25) is 5.91 Å². The third-order valence-corrected chi connectivity index (χ3v) is 4.74. The van der Waals surface area contributed by atoms with E-state index in [1.165, 1.54) is 10.8 Å². The number of nitrogens with zero attached hydrogens (tertiary/aromatic N) is 1. The highest BCUT2D eigenvalue weighted by molar-refractivity contribution is 5.94. The predicted octanol–water partition coefficient (Wildman–Crippen LogP) is 3.02. The summed E-state index contributed by atoms with van der Waals surface area (Å²) in [4.78, 5) is 50.0. The van der Waals surface area contributed by atoms with Crippen LogP contribution in [0.1, 0.15) is 52.1 Å². The molecule has 1 amide bonds. The number of Topliss-reactive ketones (excluding diaryl/α,β-unsaturated/α-hetero) is 1. The summed E-state index contributed by atoms with van der Waals surface area (Å²) in [7, 11) is 0. The van der Waals surface area contributed by atoms with Crippen LogP contribution in [0.25, 0.3) is 10.8 Å². The Labute approximate surface area is 180 Å². The van der Waals surface area contributed by atoms with Gasteiger partial charge >= 0.3 is 5.97 Å². The average Bonchev–Trinajstić information content (AvgIpc) is 2.67. The molecule has 1 aromatic heterocycles. The van der Waals surface area contributed by atoms with Crippen LogP contribution in [0.15, 0.2) is 35.3 Å². The Bertz CT molecular complexity index is 1040. The number of esters is 1. The number of nitrogens with one attached hydrogen (secondary N) is 1. The van der Waals surface area contributed by atoms with E-state index in [-0.39, 0.29) is 12.0 Å². The van der Waals surface area contributed by atoms with Gasteiger partial charge in [0.05, 0.1) is 6.42 Å². The molecule has 2 atom stereocenters. The number of ether oxygens (including phenoxy) is 1. The predicted molar refractivity (Wildman–Crippen MR) is 116 cm³/mol. The summed E-state index contributed by atoms with van der Waals surface area (Å²) in [5, 5.41) is 3.65. The summed E-state index contributed by atoms with van der Waals surface area (Å²) in [5.74, 6) is -2.31. The third kappa shape index (κ3) is 6.23. The van der Waals surface area contributed by atoms with Gasteiger partial charge < -0.3 is 14.6 Å². The molecular formula is C23H29FN2O5. The molecule has 31 heavy (non-hydrogen) atoms. The zero-order valence-electron chi connectivity index (χ0n) is 18.5. The van der Waals surface area contributed by atoms with Crippen molar-refractivity contribution in [1.82, 2.24) is 9.88 Å². The van der Waals surface area contributed by atoms with Crippen LogP contribution in [-0.4, -0.2) is 40.5 Å². The number of carbonyl (C=O) groups excluding carboxylic acids is 3. The number of alkyl halides is 1. The van der Waals surface area contributed by atoms with Gasteiger partial charge in [-0.3, -0.25) is 19.2 Å². The number of hydrogen-bond donors (Lipinski definition) is 1. The molecule has 0 aliphatic rings. The first-order chi connectivity index (χ1) is 14.5. The number of hydrogen-bond acceptors (Lipinski definition) is 5. The summed E-state index contributed by atoms with van der Waals surface area (Å²) >= 11 is 0. The zero-order valence-corrected chi connectivity index (χ0v) is 18.5. The number of fused-ring (bicyclic) bond motifs is 1. The number of aromatic nitrogens is 1. The maximum Gasteiger partial charge on any atom is 0.308 e. The molecule has 0 saturated heterocycles. The minimum atomic E-state index is -1.37. The van der Waals surface area contributed by atoms with Crippen molar-refractivity contribution in [3.63, 3.8) is 0 Å². The fourth-order valence-electron chi connectivity index (χ4n) is 3.29. The first kappa shape index (κ1) is 24.2. The van der Waals surface area contributed by atoms with Gasteiger partial charge in [0.25, 0.3) is 5.56 Å². The van der Waals surface area contributed by atoms with Crippen molar-refractivity contribution in [2.45, 2.75) is 65.1 Å². The van der Waals surface area contributed by atoms with Crippen molar-refractivity contribution in [2.24, 2.45) is 0 Å². The van der Waals surface area contributed by atoms with E-state index in [4.69, 9.17) is 4.74 Å². The highest BCUT2D eigenvalue weighted by Crippen LogP contribution is 2.16. The Morgan fingerprint density at radius 1 is 1.19 bits per heavy atom. The molecule has 1 unspecified atom stereocenters. The van der Waals surface area contributed by atoms with Crippen LogP contribution in [0.2, 0.25) is 0 Å². The van der Waals surface area contributed by atoms with E-state index in [2.05, 4.69) is 5.32 Å². The fraction of sp³-hybridized carbons (Fsp3) is 0.478. The van der Waals surface area contributed by atoms with Gasteiger partial charge in [-0.2, -0.15) is 0 Å². The lowest BCUT2D eigenvalue weighted by atomic mass is 10.1. The van der Waals surface area contributed by atoms with Crippen molar-refractivity contribution < 1.29 is 23.5 Å². The average molecular weight is 432 g/mol. The number of rotatable bonds is 8. The molecule has 2 aromatic rings. The zero-order chi connectivity index (χ0) is 23.3. The molecular weight excluding hydrogens is 403 g/mol. The molecule has 0 saturated carbocycles. The Balaban J connectivity index is 2.29. The quantitative estimate of drug-likeness (QED) is 0.647. The summed E-state index contributed by atoms with van der Waals surface area (Å²) in [6.45, 7) is 7.29. The van der Waals surface area contributed by atoms with E-state index in [1.54, 1.807) is 39.8 Å². The second kappa shape index (κ2) is 9.85. The summed E-state index contributed by atoms with van der Waals surface area (Å²) in [5.41, 5.74) is -0.128. The lowest BCUT2D eigenvalue weighted by Crippen LogP contribution is -2.47. The monoisotopic (exact) mass is 432 g/mol. The number of amides is 1. The van der Waals surface area contributed by atoms with Crippen molar-refractivity contribution >= 4 is 28.4 Å². The second-order valence-electron chi connectivity index (χ2n) is 8.49. The largest absolute Gasteiger partial charge is 0.460 e. The molecule has 0 aliphatic carbocycles. The molecule has 168 valence electrons. The smallest absolute Gasteiger partial charge is 0.308 e. The Morgan fingerprint density at radius 3 is 2.45 bits per heavy atom. The maximum atomic E-state index is 13.0. The van der Waals surface area contributed by atoms with E-state index in [1.807, 2.05) is 19.1 Å². The topological polar surface area (TPSA) is 94.5 Å². The fourth-order valence-corrected chi connectivity index (χ4v) is 3.29. The van der Waals surface area contributed by atoms with Crippen LogP contribution < -0.4 is 10.9 Å². The lowest BCUT2D eigenvalue weighted by molar-refractivity contribution is -0.156. The number of carbonyl (C=O) groups is 3. The first-order valence-electron chi connectivity index (χ1n) is 10.2. The second-order valence-corrected chi connectivity index (χ2v) is 8.49. The molecule has 1 heterocycles. The number of ketones is 1. The van der Waals surface area contributed by atoms with Crippen LogP contribution >= 0.6 is 0 Å². The van der Waals surface area contributed by atoms with Crippen molar-refractivity contribution in [3.8, 4) is 0 Å². The minimum absolute atomic E-state index is 0.256. The lowest BCUT2D eigenvalue weighted by Gasteiger charge is -2.24. The van der Waals surface area contributed by atoms with Crippen molar-refractivity contribution in [1.29, 1.82) is 0 Å². The molecule has 2 rings (SSSR count). The molecule has 0 aliphatic heterocycles. The Morgan fingerprint density at radius 2 is 1.87 bits per heavy atom. The summed E-state index contributed by atoms with van der Waals surface area (Å²) in [6.07, 6.45) is 1.29. The molecule has 0 bridgehead atoms. The third-order valence-electron chi connectivity index (χ3n) is 4.74. The van der Waals surface area contributed by atoms with Crippen LogP contribution in [0.3, 0.4) is 0 Å². The van der Waals surface area contributed by atoms with Crippen LogP contribution in [0.4, 0.5) is 4.39 Å². The standard InChI is InChI=1S/C23H29FN2O5/c1-6-18(26-10-9-15-11-14(2)7-8-16(15)22(26)30)21(29)25-17(19(27)13-24)12-20(28)31-23(3,4)5/h7-11,17-18H,6,12-13H2,1-5H3,(H,25,29)/t17?,18-/m0/s1. The van der Waals surface area contributed by atoms with Crippen molar-refractivity contribution in [2.75, 3.05) is 6.67 Å². The van der Waals surface area contributed by atoms with Gasteiger partial charge in [-0.15, -0.1) is 0 Å². The molecule has 1 N–H and O–H groups in total. The van der Waals surface area contributed by atoms with Crippen LogP contribution in [0.5, 0.6) is 0 Å². The highest BCUT2D eigenvalue weighted by atomic mass is 19.1. The van der Waals surface area contributed by atoms with Gasteiger partial charge in [0.15, 0.2) is 5.78 Å². The molecule has 0 radical (unpaired) electrons. The van der Waals surface area contributed by atoms with E-state index < -0.39 is 48.4 Å². The number of benzene rings is 1. The Kier molecular flexibility index (Phi) is 7.70. The van der Waals surface area contributed by atoms with E-state index in [9.17, 15) is 23.6 Å².